The number of amides is 1. The zero-order valence-corrected chi connectivity index (χ0v) is 12.3. The second-order valence-corrected chi connectivity index (χ2v) is 6.55. The van der Waals surface area contributed by atoms with Crippen molar-refractivity contribution in [1.29, 1.82) is 0 Å². The van der Waals surface area contributed by atoms with E-state index in [2.05, 4.69) is 5.32 Å². The summed E-state index contributed by atoms with van der Waals surface area (Å²) >= 11 is 0. The number of hydrogen-bond donors (Lipinski definition) is 1. The lowest BCUT2D eigenvalue weighted by Gasteiger charge is -2.24. The van der Waals surface area contributed by atoms with Gasteiger partial charge in [0.1, 0.15) is 5.60 Å². The summed E-state index contributed by atoms with van der Waals surface area (Å²) < 4.78 is 10.7. The van der Waals surface area contributed by atoms with E-state index in [0.29, 0.717) is 12.0 Å². The van der Waals surface area contributed by atoms with Crippen LogP contribution >= 0.6 is 0 Å². The summed E-state index contributed by atoms with van der Waals surface area (Å²) in [5, 5.41) is 3.53. The average molecular weight is 270 g/mol. The number of carbonyl (C=O) groups is 1. The van der Waals surface area contributed by atoms with Crippen molar-refractivity contribution in [2.75, 3.05) is 32.8 Å². The Hall–Kier alpha value is -0.810. The predicted molar refractivity (Wildman–Crippen MR) is 73.1 cm³/mol. The van der Waals surface area contributed by atoms with Gasteiger partial charge in [0, 0.05) is 32.3 Å². The molecule has 2 heterocycles. The number of carbonyl (C=O) groups excluding carboxylic acids is 1. The molecule has 0 spiro atoms. The van der Waals surface area contributed by atoms with E-state index in [4.69, 9.17) is 9.47 Å². The molecule has 5 heteroatoms. The molecule has 0 bridgehead atoms. The summed E-state index contributed by atoms with van der Waals surface area (Å²) in [5.41, 5.74) is -0.408. The fourth-order valence-corrected chi connectivity index (χ4v) is 2.52. The van der Waals surface area contributed by atoms with E-state index in [-0.39, 0.29) is 6.09 Å². The molecule has 2 rings (SSSR count). The highest BCUT2D eigenvalue weighted by Crippen LogP contribution is 2.19. The van der Waals surface area contributed by atoms with Gasteiger partial charge >= 0.3 is 6.09 Å². The van der Waals surface area contributed by atoms with Crippen molar-refractivity contribution >= 4 is 6.09 Å². The number of hydrogen-bond acceptors (Lipinski definition) is 4. The van der Waals surface area contributed by atoms with Crippen LogP contribution in [0.3, 0.4) is 0 Å². The van der Waals surface area contributed by atoms with Crippen LogP contribution in [0.2, 0.25) is 0 Å². The molecule has 2 atom stereocenters. The molecule has 1 N–H and O–H groups in total. The van der Waals surface area contributed by atoms with Crippen molar-refractivity contribution in [2.45, 2.75) is 45.3 Å². The Morgan fingerprint density at radius 2 is 2.21 bits per heavy atom. The van der Waals surface area contributed by atoms with Crippen molar-refractivity contribution < 1.29 is 14.3 Å². The SMILES string of the molecule is CC(C)(C)OC(=O)N1CC[C@H](CN[C@@H]2CCOC2)C1. The van der Waals surface area contributed by atoms with Crippen LogP contribution in [0.1, 0.15) is 33.6 Å². The highest BCUT2D eigenvalue weighted by molar-refractivity contribution is 5.68. The number of ether oxygens (including phenoxy) is 2. The monoisotopic (exact) mass is 270 g/mol. The normalized spacial score (nSPS) is 27.8. The van der Waals surface area contributed by atoms with Gasteiger partial charge in [0.15, 0.2) is 0 Å². The highest BCUT2D eigenvalue weighted by atomic mass is 16.6. The van der Waals surface area contributed by atoms with Crippen LogP contribution in [-0.2, 0) is 9.47 Å². The van der Waals surface area contributed by atoms with Crippen molar-refractivity contribution in [1.82, 2.24) is 10.2 Å². The summed E-state index contributed by atoms with van der Waals surface area (Å²) in [5.74, 6) is 0.535. The van der Waals surface area contributed by atoms with Crippen molar-refractivity contribution in [3.63, 3.8) is 0 Å². The smallest absolute Gasteiger partial charge is 0.410 e. The molecular formula is C14H26N2O3. The molecule has 0 saturated carbocycles. The molecule has 0 aromatic rings. The minimum absolute atomic E-state index is 0.181. The standard InChI is InChI=1S/C14H26N2O3/c1-14(2,3)19-13(17)16-6-4-11(9-16)8-15-12-5-7-18-10-12/h11-12,15H,4-10H2,1-3H3/t11-,12-/m1/s1. The minimum atomic E-state index is -0.408. The molecule has 19 heavy (non-hydrogen) atoms. The summed E-state index contributed by atoms with van der Waals surface area (Å²) in [6.07, 6.45) is 1.97. The van der Waals surface area contributed by atoms with Crippen LogP contribution in [0.25, 0.3) is 0 Å². The first kappa shape index (κ1) is 14.6. The van der Waals surface area contributed by atoms with E-state index < -0.39 is 5.60 Å². The second-order valence-electron chi connectivity index (χ2n) is 6.55. The molecule has 2 fully saturated rings. The lowest BCUT2D eigenvalue weighted by Crippen LogP contribution is -2.37. The van der Waals surface area contributed by atoms with Gasteiger partial charge in [0.25, 0.3) is 0 Å². The van der Waals surface area contributed by atoms with Gasteiger partial charge in [-0.1, -0.05) is 0 Å². The fraction of sp³-hybridized carbons (Fsp3) is 0.929. The van der Waals surface area contributed by atoms with Gasteiger partial charge in [0.2, 0.25) is 0 Å². The first-order chi connectivity index (χ1) is 8.94. The van der Waals surface area contributed by atoms with Crippen LogP contribution in [0, 0.1) is 5.92 Å². The number of nitrogens with zero attached hydrogens (tertiary/aromatic N) is 1. The molecule has 110 valence electrons. The van der Waals surface area contributed by atoms with Gasteiger partial charge in [-0.25, -0.2) is 4.79 Å². The fourth-order valence-electron chi connectivity index (χ4n) is 2.52. The largest absolute Gasteiger partial charge is 0.444 e. The Morgan fingerprint density at radius 1 is 1.42 bits per heavy atom. The topological polar surface area (TPSA) is 50.8 Å². The van der Waals surface area contributed by atoms with Gasteiger partial charge in [0.05, 0.1) is 6.61 Å². The third-order valence-corrected chi connectivity index (χ3v) is 3.56. The van der Waals surface area contributed by atoms with Crippen LogP contribution in [0.15, 0.2) is 0 Å². The zero-order valence-electron chi connectivity index (χ0n) is 12.3. The van der Waals surface area contributed by atoms with Crippen LogP contribution in [0.5, 0.6) is 0 Å². The quantitative estimate of drug-likeness (QED) is 0.846. The summed E-state index contributed by atoms with van der Waals surface area (Å²) in [4.78, 5) is 13.8. The molecule has 0 aromatic carbocycles. The van der Waals surface area contributed by atoms with Gasteiger partial charge in [-0.2, -0.15) is 0 Å². The van der Waals surface area contributed by atoms with Crippen molar-refractivity contribution in [2.24, 2.45) is 5.92 Å². The average Bonchev–Trinajstić information content (AvgIpc) is 2.96. The number of likely N-dealkylation sites (tertiary alicyclic amines) is 1. The maximum atomic E-state index is 11.9. The van der Waals surface area contributed by atoms with Gasteiger partial charge in [-0.15, -0.1) is 0 Å². The molecule has 2 aliphatic heterocycles. The van der Waals surface area contributed by atoms with Crippen LogP contribution < -0.4 is 5.32 Å². The van der Waals surface area contributed by atoms with Crippen LogP contribution in [0.4, 0.5) is 4.79 Å². The van der Waals surface area contributed by atoms with E-state index in [1.54, 1.807) is 0 Å². The Balaban J connectivity index is 1.68. The van der Waals surface area contributed by atoms with Crippen LogP contribution in [-0.4, -0.2) is 55.5 Å². The molecule has 5 nitrogen and oxygen atoms in total. The Kier molecular flexibility index (Phi) is 4.68. The molecule has 0 radical (unpaired) electrons. The summed E-state index contributed by atoms with van der Waals surface area (Å²) in [6, 6.07) is 0.496. The molecule has 2 saturated heterocycles. The molecule has 0 aromatic heterocycles. The lowest BCUT2D eigenvalue weighted by molar-refractivity contribution is 0.0288. The predicted octanol–water partition coefficient (Wildman–Crippen LogP) is 1.62. The minimum Gasteiger partial charge on any atom is -0.444 e. The Labute approximate surface area is 115 Å². The van der Waals surface area contributed by atoms with Gasteiger partial charge in [-0.05, 0) is 39.5 Å². The molecule has 1 amide bonds. The molecular weight excluding hydrogens is 244 g/mol. The summed E-state index contributed by atoms with van der Waals surface area (Å²) in [7, 11) is 0. The third-order valence-electron chi connectivity index (χ3n) is 3.56. The molecule has 0 aliphatic carbocycles. The van der Waals surface area contributed by atoms with E-state index in [0.717, 1.165) is 45.7 Å². The zero-order chi connectivity index (χ0) is 13.9. The third kappa shape index (κ3) is 4.66. The first-order valence-electron chi connectivity index (χ1n) is 7.23. The van der Waals surface area contributed by atoms with E-state index in [9.17, 15) is 4.79 Å². The first-order valence-corrected chi connectivity index (χ1v) is 7.23. The molecule has 0 unspecified atom stereocenters. The number of nitrogens with one attached hydrogen (secondary N) is 1. The van der Waals surface area contributed by atoms with Gasteiger partial charge in [-0.3, -0.25) is 0 Å². The number of rotatable bonds is 3. The van der Waals surface area contributed by atoms with Crippen molar-refractivity contribution in [3.05, 3.63) is 0 Å². The van der Waals surface area contributed by atoms with E-state index in [1.165, 1.54) is 0 Å². The molecule has 2 aliphatic rings. The van der Waals surface area contributed by atoms with Crippen molar-refractivity contribution in [3.8, 4) is 0 Å². The highest BCUT2D eigenvalue weighted by Gasteiger charge is 2.30. The van der Waals surface area contributed by atoms with E-state index in [1.807, 2.05) is 25.7 Å². The lowest BCUT2D eigenvalue weighted by atomic mass is 10.1. The summed E-state index contributed by atoms with van der Waals surface area (Å²) in [6.45, 7) is 9.97. The maximum Gasteiger partial charge on any atom is 0.410 e. The van der Waals surface area contributed by atoms with Gasteiger partial charge < -0.3 is 19.7 Å². The maximum absolute atomic E-state index is 11.9. The Bertz CT molecular complexity index is 308. The Morgan fingerprint density at radius 3 is 2.84 bits per heavy atom. The van der Waals surface area contributed by atoms with E-state index >= 15 is 0 Å². The second kappa shape index (κ2) is 6.09.